The molecule has 0 spiro atoms. The third-order valence-electron chi connectivity index (χ3n) is 5.86. The third-order valence-corrected chi connectivity index (χ3v) is 5.86. The van der Waals surface area contributed by atoms with Gasteiger partial charge in [0.25, 0.3) is 0 Å². The van der Waals surface area contributed by atoms with Gasteiger partial charge in [-0.15, -0.1) is 5.10 Å². The molecule has 0 radical (unpaired) electrons. The van der Waals surface area contributed by atoms with E-state index in [1.54, 1.807) is 0 Å². The summed E-state index contributed by atoms with van der Waals surface area (Å²) in [5.74, 6) is 1.55. The minimum absolute atomic E-state index is 0.599. The van der Waals surface area contributed by atoms with E-state index in [9.17, 15) is 0 Å². The summed E-state index contributed by atoms with van der Waals surface area (Å²) in [6, 6.07) is 17.4. The zero-order chi connectivity index (χ0) is 18.8. The minimum Gasteiger partial charge on any atom is -0.381 e. The van der Waals surface area contributed by atoms with E-state index >= 15 is 0 Å². The molecule has 0 atom stereocenters. The quantitative estimate of drug-likeness (QED) is 0.700. The van der Waals surface area contributed by atoms with Crippen molar-refractivity contribution in [2.45, 2.75) is 39.0 Å². The van der Waals surface area contributed by atoms with E-state index in [2.05, 4.69) is 69.0 Å². The molecule has 3 heterocycles. The molecule has 1 saturated heterocycles. The highest BCUT2D eigenvalue weighted by Crippen LogP contribution is 2.32. The second kappa shape index (κ2) is 7.81. The molecule has 2 aliphatic heterocycles. The van der Waals surface area contributed by atoms with Crippen molar-refractivity contribution < 1.29 is 4.74 Å². The third kappa shape index (κ3) is 3.57. The van der Waals surface area contributed by atoms with E-state index < -0.39 is 0 Å². The van der Waals surface area contributed by atoms with Crippen LogP contribution in [-0.4, -0.2) is 38.3 Å². The Morgan fingerprint density at radius 1 is 0.893 bits per heavy atom. The number of aromatic nitrogens is 4. The highest BCUT2D eigenvalue weighted by molar-refractivity contribution is 5.71. The monoisotopic (exact) mass is 375 g/mol. The highest BCUT2D eigenvalue weighted by Gasteiger charge is 2.22. The van der Waals surface area contributed by atoms with Crippen molar-refractivity contribution in [3.8, 4) is 11.1 Å². The maximum atomic E-state index is 5.48. The Hall–Kier alpha value is -2.57. The maximum absolute atomic E-state index is 5.48. The predicted molar refractivity (Wildman–Crippen MR) is 106 cm³/mol. The van der Waals surface area contributed by atoms with Gasteiger partial charge in [0.15, 0.2) is 5.82 Å². The van der Waals surface area contributed by atoms with Crippen molar-refractivity contribution in [2.24, 2.45) is 5.92 Å². The minimum atomic E-state index is 0.599. The Balaban J connectivity index is 1.39. The highest BCUT2D eigenvalue weighted by atomic mass is 16.5. The fraction of sp³-hybridized carbons (Fsp3) is 0.409. The molecule has 2 aliphatic rings. The number of tetrazole rings is 1. The summed E-state index contributed by atoms with van der Waals surface area (Å²) < 4.78 is 7.48. The summed E-state index contributed by atoms with van der Waals surface area (Å²) in [6.07, 6.45) is 2.17. The lowest BCUT2D eigenvalue weighted by Gasteiger charge is -2.23. The second-order valence-electron chi connectivity index (χ2n) is 7.79. The lowest BCUT2D eigenvalue weighted by Crippen LogP contribution is -2.26. The van der Waals surface area contributed by atoms with E-state index in [1.807, 2.05) is 4.68 Å². The standard InChI is InChI=1S/C22H25N5O/c1-3-7-20-18(5-1)14-26(15-19-6-2-4-8-21(19)20)16-22-23-24-25-27(22)13-17-9-11-28-12-10-17/h1-8,17H,9-16H2. The van der Waals surface area contributed by atoms with Crippen LogP contribution < -0.4 is 0 Å². The van der Waals surface area contributed by atoms with E-state index in [4.69, 9.17) is 4.74 Å². The molecule has 1 fully saturated rings. The van der Waals surface area contributed by atoms with Crippen molar-refractivity contribution in [2.75, 3.05) is 13.2 Å². The van der Waals surface area contributed by atoms with Crippen LogP contribution in [0.5, 0.6) is 0 Å². The van der Waals surface area contributed by atoms with Crippen LogP contribution in [0.1, 0.15) is 29.8 Å². The first-order valence-corrected chi connectivity index (χ1v) is 10.1. The zero-order valence-corrected chi connectivity index (χ0v) is 16.0. The molecule has 5 rings (SSSR count). The fourth-order valence-corrected chi connectivity index (χ4v) is 4.34. The molecular weight excluding hydrogens is 350 g/mol. The van der Waals surface area contributed by atoms with Gasteiger partial charge in [-0.2, -0.15) is 0 Å². The summed E-state index contributed by atoms with van der Waals surface area (Å²) in [5.41, 5.74) is 5.39. The van der Waals surface area contributed by atoms with Crippen LogP contribution in [0.3, 0.4) is 0 Å². The normalized spacial score (nSPS) is 17.7. The van der Waals surface area contributed by atoms with Crippen molar-refractivity contribution in [1.29, 1.82) is 0 Å². The van der Waals surface area contributed by atoms with Crippen LogP contribution >= 0.6 is 0 Å². The van der Waals surface area contributed by atoms with Gasteiger partial charge in [0, 0.05) is 32.8 Å². The average Bonchev–Trinajstić information content (AvgIpc) is 3.09. The molecule has 3 aromatic rings. The number of hydrogen-bond acceptors (Lipinski definition) is 5. The Morgan fingerprint density at radius 3 is 2.21 bits per heavy atom. The molecular formula is C22H25N5O. The van der Waals surface area contributed by atoms with Crippen molar-refractivity contribution in [3.05, 3.63) is 65.5 Å². The van der Waals surface area contributed by atoms with Crippen LogP contribution in [-0.2, 0) is 30.9 Å². The van der Waals surface area contributed by atoms with Gasteiger partial charge in [-0.25, -0.2) is 4.68 Å². The Bertz CT molecular complexity index is 900. The first-order valence-electron chi connectivity index (χ1n) is 10.1. The lowest BCUT2D eigenvalue weighted by molar-refractivity contribution is 0.0593. The van der Waals surface area contributed by atoms with Gasteiger partial charge >= 0.3 is 0 Å². The molecule has 0 N–H and O–H groups in total. The van der Waals surface area contributed by atoms with Gasteiger partial charge < -0.3 is 4.74 Å². The molecule has 0 saturated carbocycles. The Morgan fingerprint density at radius 2 is 1.54 bits per heavy atom. The summed E-state index contributed by atoms with van der Waals surface area (Å²) in [4.78, 5) is 2.44. The number of benzene rings is 2. The first kappa shape index (κ1) is 17.5. The molecule has 144 valence electrons. The fourth-order valence-electron chi connectivity index (χ4n) is 4.34. The molecule has 0 aliphatic carbocycles. The largest absolute Gasteiger partial charge is 0.381 e. The van der Waals surface area contributed by atoms with Crippen LogP contribution in [0.2, 0.25) is 0 Å². The number of ether oxygens (including phenoxy) is 1. The SMILES string of the molecule is c1ccc2c(c1)CN(Cc1nnnn1CC1CCOCC1)Cc1ccccc1-2. The predicted octanol–water partition coefficient (Wildman–Crippen LogP) is 3.28. The van der Waals surface area contributed by atoms with Crippen molar-refractivity contribution in [1.82, 2.24) is 25.1 Å². The van der Waals surface area contributed by atoms with Crippen molar-refractivity contribution >= 4 is 0 Å². The van der Waals surface area contributed by atoms with Gasteiger partial charge in [-0.3, -0.25) is 4.90 Å². The van der Waals surface area contributed by atoms with Gasteiger partial charge in [0.2, 0.25) is 0 Å². The van der Waals surface area contributed by atoms with E-state index in [0.29, 0.717) is 5.92 Å². The lowest BCUT2D eigenvalue weighted by atomic mass is 9.97. The van der Waals surface area contributed by atoms with Crippen molar-refractivity contribution in [3.63, 3.8) is 0 Å². The molecule has 6 nitrogen and oxygen atoms in total. The Labute approximate surface area is 165 Å². The van der Waals surface area contributed by atoms with Gasteiger partial charge in [-0.05, 0) is 51.4 Å². The second-order valence-corrected chi connectivity index (χ2v) is 7.79. The molecule has 28 heavy (non-hydrogen) atoms. The molecule has 0 amide bonds. The number of nitrogens with zero attached hydrogens (tertiary/aromatic N) is 5. The van der Waals surface area contributed by atoms with Gasteiger partial charge in [0.1, 0.15) is 0 Å². The van der Waals surface area contributed by atoms with Gasteiger partial charge in [-0.1, -0.05) is 48.5 Å². The van der Waals surface area contributed by atoms with Crippen LogP contribution in [0.25, 0.3) is 11.1 Å². The van der Waals surface area contributed by atoms with Gasteiger partial charge in [0.05, 0.1) is 6.54 Å². The summed E-state index contributed by atoms with van der Waals surface area (Å²) in [6.45, 7) is 5.12. The summed E-state index contributed by atoms with van der Waals surface area (Å²) in [5, 5.41) is 12.6. The molecule has 0 bridgehead atoms. The van der Waals surface area contributed by atoms with E-state index in [1.165, 1.54) is 22.3 Å². The smallest absolute Gasteiger partial charge is 0.165 e. The molecule has 2 aromatic carbocycles. The first-order chi connectivity index (χ1) is 13.9. The van der Waals surface area contributed by atoms with Crippen LogP contribution in [0.4, 0.5) is 0 Å². The number of hydrogen-bond donors (Lipinski definition) is 0. The molecule has 0 unspecified atom stereocenters. The van der Waals surface area contributed by atoms with E-state index in [0.717, 1.165) is 58.1 Å². The topological polar surface area (TPSA) is 56.1 Å². The van der Waals surface area contributed by atoms with E-state index in [-0.39, 0.29) is 0 Å². The number of rotatable bonds is 4. The maximum Gasteiger partial charge on any atom is 0.165 e. The zero-order valence-electron chi connectivity index (χ0n) is 16.0. The van der Waals surface area contributed by atoms with Crippen LogP contribution in [0.15, 0.2) is 48.5 Å². The molecule has 6 heteroatoms. The number of fused-ring (bicyclic) bond motifs is 3. The molecule has 1 aromatic heterocycles. The van der Waals surface area contributed by atoms with Crippen LogP contribution in [0, 0.1) is 5.92 Å². The summed E-state index contributed by atoms with van der Waals surface area (Å²) >= 11 is 0. The Kier molecular flexibility index (Phi) is 4.89. The average molecular weight is 375 g/mol. The summed E-state index contributed by atoms with van der Waals surface area (Å²) in [7, 11) is 0.